The maximum atomic E-state index is 12.9. The van der Waals surface area contributed by atoms with Gasteiger partial charge in [0.25, 0.3) is 11.8 Å². The molecule has 6 rings (SSSR count). The molecule has 2 saturated carbocycles. The van der Waals surface area contributed by atoms with Crippen LogP contribution in [0.25, 0.3) is 0 Å². The number of nitrogens with one attached hydrogen (secondary N) is 2. The summed E-state index contributed by atoms with van der Waals surface area (Å²) in [6, 6.07) is 0.439. The smallest absolute Gasteiger partial charge is 0.256 e. The van der Waals surface area contributed by atoms with Crippen LogP contribution in [0.15, 0.2) is 34.9 Å². The predicted octanol–water partition coefficient (Wildman–Crippen LogP) is 0.531. The molecule has 8 heteroatoms. The molecule has 6 aliphatic rings. The van der Waals surface area contributed by atoms with Crippen LogP contribution >= 0.6 is 0 Å². The Morgan fingerprint density at radius 1 is 1.29 bits per heavy atom. The van der Waals surface area contributed by atoms with Gasteiger partial charge in [-0.3, -0.25) is 19.3 Å². The van der Waals surface area contributed by atoms with Gasteiger partial charge in [-0.2, -0.15) is 0 Å². The number of hydrogen-bond donors (Lipinski definition) is 4. The molecule has 4 aliphatic carbocycles. The van der Waals surface area contributed by atoms with Crippen molar-refractivity contribution >= 4 is 17.7 Å². The lowest BCUT2D eigenvalue weighted by Gasteiger charge is -2.63. The minimum atomic E-state index is -0.638. The number of primary amides is 1. The van der Waals surface area contributed by atoms with Crippen molar-refractivity contribution in [3.8, 4) is 0 Å². The maximum Gasteiger partial charge on any atom is 0.256 e. The number of aliphatic hydroxyl groups is 1. The van der Waals surface area contributed by atoms with Crippen LogP contribution in [0.2, 0.25) is 0 Å². The van der Waals surface area contributed by atoms with Crippen molar-refractivity contribution < 1.29 is 19.5 Å². The maximum absolute atomic E-state index is 12.9. The molecule has 8 nitrogen and oxygen atoms in total. The van der Waals surface area contributed by atoms with Crippen LogP contribution in [-0.2, 0) is 14.4 Å². The molecule has 2 aliphatic heterocycles. The van der Waals surface area contributed by atoms with E-state index in [4.69, 9.17) is 5.73 Å². The van der Waals surface area contributed by atoms with Crippen LogP contribution in [0, 0.1) is 23.2 Å². The lowest BCUT2D eigenvalue weighted by atomic mass is 9.48. The summed E-state index contributed by atoms with van der Waals surface area (Å²) in [5, 5.41) is 16.1. The number of hydrogen-bond acceptors (Lipinski definition) is 5. The highest BCUT2D eigenvalue weighted by Crippen LogP contribution is 2.62. The van der Waals surface area contributed by atoms with E-state index in [1.807, 2.05) is 12.2 Å². The number of rotatable bonds is 5. The van der Waals surface area contributed by atoms with Crippen LogP contribution in [0.4, 0.5) is 0 Å². The summed E-state index contributed by atoms with van der Waals surface area (Å²) < 4.78 is 0. The molecule has 34 heavy (non-hydrogen) atoms. The zero-order valence-corrected chi connectivity index (χ0v) is 19.5. The SMILES string of the molecule is NC(=O)CNC(=O)C1=CC2C[C@H]3[C@H]4CC5=C(CC(O)C=C5)[C@@]3(CCN4CC3CC3)CC2NC1=O. The lowest BCUT2D eigenvalue weighted by Crippen LogP contribution is -2.64. The van der Waals surface area contributed by atoms with E-state index in [1.54, 1.807) is 0 Å². The average Bonchev–Trinajstić information content (AvgIpc) is 3.62. The molecular formula is C26H34N4O4. The summed E-state index contributed by atoms with van der Waals surface area (Å²) >= 11 is 0. The molecule has 2 bridgehead atoms. The molecule has 6 atom stereocenters. The zero-order valence-electron chi connectivity index (χ0n) is 19.5. The highest BCUT2D eigenvalue weighted by Gasteiger charge is 2.59. The molecule has 3 unspecified atom stereocenters. The number of carbonyl (C=O) groups excluding carboxylic acids is 3. The van der Waals surface area contributed by atoms with E-state index < -0.39 is 17.9 Å². The number of piperidine rings is 1. The lowest BCUT2D eigenvalue weighted by molar-refractivity contribution is -0.128. The van der Waals surface area contributed by atoms with Crippen LogP contribution < -0.4 is 16.4 Å². The number of amides is 3. The number of nitrogens with zero attached hydrogens (tertiary/aromatic N) is 1. The van der Waals surface area contributed by atoms with Crippen molar-refractivity contribution in [2.24, 2.45) is 28.9 Å². The topological polar surface area (TPSA) is 125 Å². The molecule has 0 spiro atoms. The predicted molar refractivity (Wildman–Crippen MR) is 125 cm³/mol. The first kappa shape index (κ1) is 22.0. The molecule has 5 N–H and O–H groups in total. The number of fused-ring (bicyclic) bond motifs is 1. The standard InChI is InChI=1S/C26H34N4O4/c27-23(32)12-28-24(33)18-7-16-8-20-22-9-15-3-4-17(31)10-19(15)26(20,11-21(16)29-25(18)34)5-6-30(22)13-14-1-2-14/h3-4,7,14,16-17,20-22,31H,1-2,5-6,8-13H2,(H2,27,32)(H,28,33)(H,29,34)/t16?,17?,20-,21?,22+,26+/m0/s1. The van der Waals surface area contributed by atoms with Gasteiger partial charge in [-0.15, -0.1) is 0 Å². The largest absolute Gasteiger partial charge is 0.389 e. The highest BCUT2D eigenvalue weighted by molar-refractivity contribution is 6.19. The second kappa shape index (κ2) is 8.05. The average molecular weight is 467 g/mol. The number of likely N-dealkylation sites (tertiary alicyclic amines) is 1. The van der Waals surface area contributed by atoms with E-state index in [1.165, 1.54) is 30.5 Å². The Bertz CT molecular complexity index is 1030. The monoisotopic (exact) mass is 466 g/mol. The van der Waals surface area contributed by atoms with Gasteiger partial charge in [0.15, 0.2) is 0 Å². The number of allylic oxidation sites excluding steroid dienone is 1. The summed E-state index contributed by atoms with van der Waals surface area (Å²) in [6.07, 6.45) is 12.7. The van der Waals surface area contributed by atoms with Crippen molar-refractivity contribution in [3.05, 3.63) is 34.9 Å². The van der Waals surface area contributed by atoms with Crippen LogP contribution in [0.5, 0.6) is 0 Å². The zero-order chi connectivity index (χ0) is 23.6. The summed E-state index contributed by atoms with van der Waals surface area (Å²) in [4.78, 5) is 39.2. The summed E-state index contributed by atoms with van der Waals surface area (Å²) in [7, 11) is 0. The molecule has 182 valence electrons. The van der Waals surface area contributed by atoms with E-state index in [9.17, 15) is 19.5 Å². The Morgan fingerprint density at radius 2 is 2.12 bits per heavy atom. The quantitative estimate of drug-likeness (QED) is 0.440. The first-order valence-corrected chi connectivity index (χ1v) is 12.8. The molecule has 0 radical (unpaired) electrons. The fourth-order valence-electron chi connectivity index (χ4n) is 7.58. The third-order valence-corrected chi connectivity index (χ3v) is 9.27. The first-order chi connectivity index (χ1) is 16.3. The van der Waals surface area contributed by atoms with Crippen molar-refractivity contribution in [2.75, 3.05) is 19.6 Å². The third-order valence-electron chi connectivity index (χ3n) is 9.27. The van der Waals surface area contributed by atoms with Crippen LogP contribution in [-0.4, -0.2) is 65.5 Å². The van der Waals surface area contributed by atoms with Crippen LogP contribution in [0.1, 0.15) is 44.9 Å². The number of carbonyl (C=O) groups is 3. The Balaban J connectivity index is 1.32. The van der Waals surface area contributed by atoms with Gasteiger partial charge in [-0.1, -0.05) is 23.8 Å². The minimum absolute atomic E-state index is 0.00193. The molecule has 1 saturated heterocycles. The van der Waals surface area contributed by atoms with Crippen molar-refractivity contribution in [1.82, 2.24) is 15.5 Å². The summed E-state index contributed by atoms with van der Waals surface area (Å²) in [5.74, 6) is -0.202. The Hall–Kier alpha value is -2.45. The Kier molecular flexibility index (Phi) is 5.22. The van der Waals surface area contributed by atoms with Crippen molar-refractivity contribution in [3.63, 3.8) is 0 Å². The molecular weight excluding hydrogens is 432 g/mol. The van der Waals surface area contributed by atoms with E-state index in [0.29, 0.717) is 18.4 Å². The van der Waals surface area contributed by atoms with E-state index in [2.05, 4.69) is 21.6 Å². The van der Waals surface area contributed by atoms with Gasteiger partial charge in [0, 0.05) is 18.6 Å². The van der Waals surface area contributed by atoms with Gasteiger partial charge >= 0.3 is 0 Å². The Labute approximate surface area is 199 Å². The summed E-state index contributed by atoms with van der Waals surface area (Å²) in [6.45, 7) is 1.97. The normalized spacial score (nSPS) is 38.8. The van der Waals surface area contributed by atoms with Gasteiger partial charge in [-0.05, 0) is 80.2 Å². The molecule has 2 heterocycles. The van der Waals surface area contributed by atoms with E-state index in [-0.39, 0.29) is 35.4 Å². The van der Waals surface area contributed by atoms with E-state index >= 15 is 0 Å². The second-order valence-corrected chi connectivity index (χ2v) is 11.3. The fourth-order valence-corrected chi connectivity index (χ4v) is 7.58. The van der Waals surface area contributed by atoms with Gasteiger partial charge in [-0.25, -0.2) is 0 Å². The van der Waals surface area contributed by atoms with Crippen LogP contribution in [0.3, 0.4) is 0 Å². The second-order valence-electron chi connectivity index (χ2n) is 11.3. The molecule has 0 aromatic heterocycles. The Morgan fingerprint density at radius 3 is 2.88 bits per heavy atom. The summed E-state index contributed by atoms with van der Waals surface area (Å²) in [5.41, 5.74) is 8.04. The molecule has 0 aromatic rings. The van der Waals surface area contributed by atoms with Crippen molar-refractivity contribution in [2.45, 2.75) is 63.1 Å². The van der Waals surface area contributed by atoms with Crippen molar-refractivity contribution in [1.29, 1.82) is 0 Å². The molecule has 3 fully saturated rings. The fraction of sp³-hybridized carbons (Fsp3) is 0.654. The van der Waals surface area contributed by atoms with Gasteiger partial charge < -0.3 is 21.5 Å². The minimum Gasteiger partial charge on any atom is -0.389 e. The molecule has 0 aromatic carbocycles. The van der Waals surface area contributed by atoms with Gasteiger partial charge in [0.05, 0.1) is 12.6 Å². The van der Waals surface area contributed by atoms with E-state index in [0.717, 1.165) is 38.1 Å². The number of nitrogens with two attached hydrogens (primary N) is 1. The third kappa shape index (κ3) is 3.62. The van der Waals surface area contributed by atoms with Gasteiger partial charge in [0.2, 0.25) is 5.91 Å². The number of aliphatic hydroxyl groups excluding tert-OH is 1. The molecule has 3 amide bonds. The van der Waals surface area contributed by atoms with Gasteiger partial charge in [0.1, 0.15) is 5.57 Å². The highest BCUT2D eigenvalue weighted by atomic mass is 16.3. The first-order valence-electron chi connectivity index (χ1n) is 12.8.